The predicted octanol–water partition coefficient (Wildman–Crippen LogP) is 2.44. The van der Waals surface area contributed by atoms with Crippen molar-refractivity contribution in [2.24, 2.45) is 5.73 Å². The monoisotopic (exact) mass is 302 g/mol. The Morgan fingerprint density at radius 2 is 2.19 bits per heavy atom. The molecule has 1 amide bonds. The van der Waals surface area contributed by atoms with Crippen molar-refractivity contribution in [2.75, 3.05) is 6.54 Å². The van der Waals surface area contributed by atoms with Crippen LogP contribution in [0.15, 0.2) is 30.3 Å². The van der Waals surface area contributed by atoms with Crippen LogP contribution in [0.25, 0.3) is 0 Å². The largest absolute Gasteiger partial charge is 0.347 e. The molecule has 0 saturated heterocycles. The van der Waals surface area contributed by atoms with Crippen molar-refractivity contribution in [3.05, 3.63) is 57.0 Å². The number of benzene rings is 1. The molecule has 3 nitrogen and oxygen atoms in total. The second-order valence-corrected chi connectivity index (χ2v) is 5.56. The second-order valence-electron chi connectivity index (χ2n) is 4.39. The van der Waals surface area contributed by atoms with E-state index in [0.717, 1.165) is 9.75 Å². The molecule has 21 heavy (non-hydrogen) atoms. The highest BCUT2D eigenvalue weighted by Crippen LogP contribution is 2.16. The van der Waals surface area contributed by atoms with Gasteiger partial charge in [0.2, 0.25) is 0 Å². The van der Waals surface area contributed by atoms with E-state index in [1.165, 1.54) is 17.4 Å². The number of nitrogens with one attached hydrogen (secondary N) is 1. The molecule has 0 saturated carbocycles. The third kappa shape index (κ3) is 3.91. The molecule has 0 unspecified atom stereocenters. The van der Waals surface area contributed by atoms with E-state index in [2.05, 4.69) is 17.2 Å². The summed E-state index contributed by atoms with van der Waals surface area (Å²) >= 11 is 1.48. The molecule has 2 rings (SSSR count). The molecule has 108 valence electrons. The standard InChI is InChI=1S/C16H15FN2OS/c1-11-4-2-6-14(15(11)17)16(20)19-10-13-8-7-12(21-13)5-3-9-18/h2,4,6-8H,9-10,18H2,1H3,(H,19,20). The van der Waals surface area contributed by atoms with E-state index >= 15 is 0 Å². The number of halogens is 1. The van der Waals surface area contributed by atoms with Gasteiger partial charge in [0.1, 0.15) is 5.82 Å². The minimum Gasteiger partial charge on any atom is -0.347 e. The molecular formula is C16H15FN2OS. The van der Waals surface area contributed by atoms with Gasteiger partial charge >= 0.3 is 0 Å². The summed E-state index contributed by atoms with van der Waals surface area (Å²) in [5.74, 6) is 4.81. The lowest BCUT2D eigenvalue weighted by Crippen LogP contribution is -2.23. The number of amides is 1. The highest BCUT2D eigenvalue weighted by atomic mass is 32.1. The molecule has 5 heteroatoms. The van der Waals surface area contributed by atoms with E-state index in [9.17, 15) is 9.18 Å². The summed E-state index contributed by atoms with van der Waals surface area (Å²) in [5.41, 5.74) is 5.83. The van der Waals surface area contributed by atoms with Crippen molar-refractivity contribution in [1.82, 2.24) is 5.32 Å². The summed E-state index contributed by atoms with van der Waals surface area (Å²) in [6.07, 6.45) is 0. The van der Waals surface area contributed by atoms with Crippen LogP contribution < -0.4 is 11.1 Å². The van der Waals surface area contributed by atoms with Gasteiger partial charge in [-0.05, 0) is 30.7 Å². The van der Waals surface area contributed by atoms with Gasteiger partial charge < -0.3 is 11.1 Å². The van der Waals surface area contributed by atoms with Crippen LogP contribution in [-0.2, 0) is 6.54 Å². The highest BCUT2D eigenvalue weighted by molar-refractivity contribution is 7.12. The van der Waals surface area contributed by atoms with Gasteiger partial charge in [0.15, 0.2) is 0 Å². The topological polar surface area (TPSA) is 55.1 Å². The first kappa shape index (κ1) is 15.2. The Labute approximate surface area is 127 Å². The van der Waals surface area contributed by atoms with Crippen LogP contribution in [-0.4, -0.2) is 12.5 Å². The average molecular weight is 302 g/mol. The first-order valence-electron chi connectivity index (χ1n) is 6.42. The van der Waals surface area contributed by atoms with Gasteiger partial charge in [0.25, 0.3) is 5.91 Å². The third-order valence-corrected chi connectivity index (χ3v) is 3.84. The molecule has 3 N–H and O–H groups in total. The number of thiophene rings is 1. The molecule has 1 heterocycles. The fourth-order valence-corrected chi connectivity index (χ4v) is 2.59. The Morgan fingerprint density at radius 1 is 1.38 bits per heavy atom. The lowest BCUT2D eigenvalue weighted by molar-refractivity contribution is 0.0947. The Kier molecular flexibility index (Phi) is 5.09. The van der Waals surface area contributed by atoms with Crippen molar-refractivity contribution in [3.63, 3.8) is 0 Å². The van der Waals surface area contributed by atoms with E-state index in [1.54, 1.807) is 19.1 Å². The maximum atomic E-state index is 13.8. The third-order valence-electron chi connectivity index (χ3n) is 2.83. The summed E-state index contributed by atoms with van der Waals surface area (Å²) in [6, 6.07) is 8.54. The zero-order valence-corrected chi connectivity index (χ0v) is 12.4. The zero-order chi connectivity index (χ0) is 15.2. The molecule has 1 aromatic heterocycles. The van der Waals surface area contributed by atoms with Gasteiger partial charge in [-0.2, -0.15) is 0 Å². The maximum absolute atomic E-state index is 13.8. The summed E-state index contributed by atoms with van der Waals surface area (Å²) < 4.78 is 13.8. The quantitative estimate of drug-likeness (QED) is 0.856. The fourth-order valence-electron chi connectivity index (χ4n) is 1.76. The summed E-state index contributed by atoms with van der Waals surface area (Å²) in [6.45, 7) is 2.30. The van der Waals surface area contributed by atoms with E-state index in [0.29, 0.717) is 18.7 Å². The number of carbonyl (C=O) groups is 1. The first-order valence-corrected chi connectivity index (χ1v) is 7.24. The normalized spacial score (nSPS) is 9.86. The number of rotatable bonds is 3. The van der Waals surface area contributed by atoms with Crippen molar-refractivity contribution >= 4 is 17.2 Å². The lowest BCUT2D eigenvalue weighted by atomic mass is 10.1. The van der Waals surface area contributed by atoms with Gasteiger partial charge in [-0.25, -0.2) is 4.39 Å². The van der Waals surface area contributed by atoms with E-state index < -0.39 is 11.7 Å². The summed E-state index contributed by atoms with van der Waals surface area (Å²) in [7, 11) is 0. The van der Waals surface area contributed by atoms with Crippen molar-refractivity contribution in [3.8, 4) is 11.8 Å². The van der Waals surface area contributed by atoms with Crippen LogP contribution in [0.5, 0.6) is 0 Å². The second kappa shape index (κ2) is 7.02. The highest BCUT2D eigenvalue weighted by Gasteiger charge is 2.12. The molecule has 0 aliphatic heterocycles. The predicted molar refractivity (Wildman–Crippen MR) is 82.6 cm³/mol. The van der Waals surface area contributed by atoms with Crippen LogP contribution in [0.4, 0.5) is 4.39 Å². The van der Waals surface area contributed by atoms with E-state index in [4.69, 9.17) is 5.73 Å². The van der Waals surface area contributed by atoms with Gasteiger partial charge in [-0.1, -0.05) is 24.0 Å². The number of hydrogen-bond acceptors (Lipinski definition) is 3. The Morgan fingerprint density at radius 3 is 2.95 bits per heavy atom. The molecule has 0 atom stereocenters. The summed E-state index contributed by atoms with van der Waals surface area (Å²) in [5, 5.41) is 2.71. The van der Waals surface area contributed by atoms with E-state index in [1.807, 2.05) is 12.1 Å². The minimum atomic E-state index is -0.476. The van der Waals surface area contributed by atoms with Crippen LogP contribution in [0.1, 0.15) is 25.7 Å². The van der Waals surface area contributed by atoms with Crippen LogP contribution in [0, 0.1) is 24.6 Å². The molecule has 0 bridgehead atoms. The van der Waals surface area contributed by atoms with E-state index in [-0.39, 0.29) is 5.56 Å². The lowest BCUT2D eigenvalue weighted by Gasteiger charge is -2.06. The number of nitrogens with two attached hydrogens (primary N) is 1. The molecule has 1 aromatic carbocycles. The Balaban J connectivity index is 2.01. The van der Waals surface area contributed by atoms with Crippen LogP contribution >= 0.6 is 11.3 Å². The van der Waals surface area contributed by atoms with Crippen LogP contribution in [0.2, 0.25) is 0 Å². The zero-order valence-electron chi connectivity index (χ0n) is 11.6. The van der Waals surface area contributed by atoms with Crippen molar-refractivity contribution in [2.45, 2.75) is 13.5 Å². The molecule has 0 spiro atoms. The smallest absolute Gasteiger partial charge is 0.254 e. The molecule has 0 radical (unpaired) electrons. The maximum Gasteiger partial charge on any atom is 0.254 e. The fraction of sp³-hybridized carbons (Fsp3) is 0.188. The number of hydrogen-bond donors (Lipinski definition) is 2. The Bertz CT molecular complexity index is 713. The van der Waals surface area contributed by atoms with Crippen molar-refractivity contribution < 1.29 is 9.18 Å². The van der Waals surface area contributed by atoms with Crippen LogP contribution in [0.3, 0.4) is 0 Å². The molecule has 0 aliphatic rings. The molecule has 0 fully saturated rings. The number of carbonyl (C=O) groups excluding carboxylic acids is 1. The average Bonchev–Trinajstić information content (AvgIpc) is 2.93. The van der Waals surface area contributed by atoms with Gasteiger partial charge in [0.05, 0.1) is 23.5 Å². The number of aryl methyl sites for hydroxylation is 1. The molecular weight excluding hydrogens is 287 g/mol. The first-order chi connectivity index (χ1) is 10.1. The van der Waals surface area contributed by atoms with Crippen molar-refractivity contribution in [1.29, 1.82) is 0 Å². The summed E-state index contributed by atoms with van der Waals surface area (Å²) in [4.78, 5) is 13.8. The minimum absolute atomic E-state index is 0.0645. The Hall–Kier alpha value is -2.16. The SMILES string of the molecule is Cc1cccc(C(=O)NCc2ccc(C#CCN)s2)c1F. The molecule has 0 aliphatic carbocycles. The van der Waals surface area contributed by atoms with Gasteiger partial charge in [-0.15, -0.1) is 11.3 Å². The van der Waals surface area contributed by atoms with Gasteiger partial charge in [0, 0.05) is 4.88 Å². The molecule has 2 aromatic rings. The van der Waals surface area contributed by atoms with Gasteiger partial charge in [-0.3, -0.25) is 4.79 Å².